The quantitative estimate of drug-likeness (QED) is 0.432. The van der Waals surface area contributed by atoms with E-state index in [4.69, 9.17) is 9.66 Å². The van der Waals surface area contributed by atoms with E-state index in [1.807, 2.05) is 0 Å². The predicted octanol–water partition coefficient (Wildman–Crippen LogP) is 1.47. The number of hydrogen-bond acceptors (Lipinski definition) is 6. The van der Waals surface area contributed by atoms with Crippen LogP contribution in [0.4, 0.5) is 5.82 Å². The summed E-state index contributed by atoms with van der Waals surface area (Å²) in [6.45, 7) is 0. The Labute approximate surface area is 125 Å². The zero-order valence-corrected chi connectivity index (χ0v) is 11.9. The molecule has 1 heterocycles. The van der Waals surface area contributed by atoms with Crippen LogP contribution in [0.15, 0.2) is 52.6 Å². The maximum atomic E-state index is 11.2. The van der Waals surface area contributed by atoms with Crippen LogP contribution in [0.2, 0.25) is 0 Å². The van der Waals surface area contributed by atoms with Gasteiger partial charge in [0.15, 0.2) is 5.82 Å². The molecule has 0 aliphatic heterocycles. The molecule has 3 N–H and O–H groups in total. The van der Waals surface area contributed by atoms with Crippen LogP contribution >= 0.6 is 0 Å². The molecule has 9 heteroatoms. The molecule has 0 fully saturated rings. The number of rotatable bonds is 5. The number of aromatic nitrogens is 1. The summed E-state index contributed by atoms with van der Waals surface area (Å²) in [5, 5.41) is 12.7. The van der Waals surface area contributed by atoms with Gasteiger partial charge in [0.1, 0.15) is 10.5 Å². The number of aromatic carboxylic acids is 1. The molecular formula is C13H11N3O5S. The molecule has 0 bridgehead atoms. The van der Waals surface area contributed by atoms with Crippen LogP contribution in [-0.4, -0.2) is 35.2 Å². The molecule has 8 nitrogen and oxygen atoms in total. The number of carboxylic acid groups (broad SMARTS) is 1. The number of nitrogens with one attached hydrogen (secondary N) is 1. The zero-order chi connectivity index (χ0) is 16.2. The molecule has 0 aliphatic carbocycles. The Morgan fingerprint density at radius 3 is 2.64 bits per heavy atom. The molecule has 2 aromatic rings. The number of carboxylic acids is 1. The molecule has 0 saturated heterocycles. The average molecular weight is 321 g/mol. The zero-order valence-electron chi connectivity index (χ0n) is 11.0. The Morgan fingerprint density at radius 1 is 1.23 bits per heavy atom. The molecule has 114 valence electrons. The van der Waals surface area contributed by atoms with Crippen LogP contribution in [0.5, 0.6) is 0 Å². The van der Waals surface area contributed by atoms with Crippen molar-refractivity contribution in [1.82, 2.24) is 4.98 Å². The normalized spacial score (nSPS) is 11.5. The highest BCUT2D eigenvalue weighted by Gasteiger charge is 2.13. The third-order valence-corrected chi connectivity index (χ3v) is 3.54. The minimum atomic E-state index is -4.38. The van der Waals surface area contributed by atoms with Gasteiger partial charge in [-0.3, -0.25) is 9.98 Å². The highest BCUT2D eigenvalue weighted by Crippen LogP contribution is 2.14. The van der Waals surface area contributed by atoms with E-state index >= 15 is 0 Å². The van der Waals surface area contributed by atoms with E-state index in [0.717, 1.165) is 6.21 Å². The third-order valence-electron chi connectivity index (χ3n) is 2.61. The van der Waals surface area contributed by atoms with Crippen molar-refractivity contribution in [2.24, 2.45) is 5.10 Å². The lowest BCUT2D eigenvalue weighted by Gasteiger charge is -2.04. The number of benzene rings is 1. The van der Waals surface area contributed by atoms with E-state index in [1.165, 1.54) is 36.5 Å². The molecule has 22 heavy (non-hydrogen) atoms. The summed E-state index contributed by atoms with van der Waals surface area (Å²) < 4.78 is 31.5. The van der Waals surface area contributed by atoms with Gasteiger partial charge in [0.05, 0.1) is 6.21 Å². The monoisotopic (exact) mass is 321 g/mol. The largest absolute Gasteiger partial charge is 0.478 e. The fourth-order valence-electron chi connectivity index (χ4n) is 1.65. The van der Waals surface area contributed by atoms with E-state index in [1.54, 1.807) is 6.07 Å². The Hall–Kier alpha value is -2.78. The number of nitrogens with zero attached hydrogens (tertiary/aromatic N) is 2. The maximum Gasteiger partial charge on any atom is 0.339 e. The van der Waals surface area contributed by atoms with Gasteiger partial charge >= 0.3 is 5.97 Å². The number of hydrazone groups is 1. The molecule has 0 unspecified atom stereocenters. The van der Waals surface area contributed by atoms with E-state index < -0.39 is 16.1 Å². The SMILES string of the molecule is O=C(O)c1cccnc1N/N=C/c1ccccc1S(=O)(=O)O. The highest BCUT2D eigenvalue weighted by molar-refractivity contribution is 7.86. The van der Waals surface area contributed by atoms with Crippen molar-refractivity contribution in [2.75, 3.05) is 5.43 Å². The van der Waals surface area contributed by atoms with Crippen molar-refractivity contribution < 1.29 is 22.9 Å². The summed E-state index contributed by atoms with van der Waals surface area (Å²) in [5.74, 6) is -1.17. The summed E-state index contributed by atoms with van der Waals surface area (Å²) in [4.78, 5) is 14.5. The first-order chi connectivity index (χ1) is 10.4. The van der Waals surface area contributed by atoms with Crippen LogP contribution in [0.3, 0.4) is 0 Å². The van der Waals surface area contributed by atoms with Crippen molar-refractivity contribution >= 4 is 28.1 Å². The second-order valence-corrected chi connectivity index (χ2v) is 5.48. The third kappa shape index (κ3) is 3.65. The second-order valence-electron chi connectivity index (χ2n) is 4.09. The Balaban J connectivity index is 2.27. The smallest absolute Gasteiger partial charge is 0.339 e. The Bertz CT molecular complexity index is 833. The predicted molar refractivity (Wildman–Crippen MR) is 78.7 cm³/mol. The standard InChI is InChI=1S/C13H11N3O5S/c17-13(18)10-5-3-7-14-12(10)16-15-8-9-4-1-2-6-11(9)22(19,20)21/h1-8H,(H,14,16)(H,17,18)(H,19,20,21)/b15-8+. The molecule has 1 aromatic heterocycles. The lowest BCUT2D eigenvalue weighted by molar-refractivity contribution is 0.0697. The number of hydrogen-bond donors (Lipinski definition) is 3. The van der Waals surface area contributed by atoms with Crippen molar-refractivity contribution in [3.05, 3.63) is 53.7 Å². The van der Waals surface area contributed by atoms with Gasteiger partial charge in [-0.25, -0.2) is 9.78 Å². The van der Waals surface area contributed by atoms with Gasteiger partial charge in [0, 0.05) is 11.8 Å². The van der Waals surface area contributed by atoms with E-state index in [-0.39, 0.29) is 21.8 Å². The van der Waals surface area contributed by atoms with Crippen LogP contribution in [0.25, 0.3) is 0 Å². The van der Waals surface area contributed by atoms with Gasteiger partial charge in [0.25, 0.3) is 10.1 Å². The molecule has 0 aliphatic rings. The molecule has 2 rings (SSSR count). The second kappa shape index (κ2) is 6.33. The van der Waals surface area contributed by atoms with Gasteiger partial charge in [0.2, 0.25) is 0 Å². The first kappa shape index (κ1) is 15.6. The molecule has 0 saturated carbocycles. The lowest BCUT2D eigenvalue weighted by Crippen LogP contribution is -2.05. The molecule has 0 radical (unpaired) electrons. The minimum absolute atomic E-state index is 0.00980. The van der Waals surface area contributed by atoms with Crippen LogP contribution in [0, 0.1) is 0 Å². The summed E-state index contributed by atoms with van der Waals surface area (Å²) in [7, 11) is -4.38. The van der Waals surface area contributed by atoms with E-state index in [2.05, 4.69) is 15.5 Å². The van der Waals surface area contributed by atoms with Gasteiger partial charge in [-0.15, -0.1) is 0 Å². The first-order valence-electron chi connectivity index (χ1n) is 5.93. The molecular weight excluding hydrogens is 310 g/mol. The van der Waals surface area contributed by atoms with Crippen molar-refractivity contribution in [2.45, 2.75) is 4.90 Å². The molecule has 0 amide bonds. The number of pyridine rings is 1. The van der Waals surface area contributed by atoms with Gasteiger partial charge in [-0.2, -0.15) is 13.5 Å². The van der Waals surface area contributed by atoms with Crippen molar-refractivity contribution in [1.29, 1.82) is 0 Å². The van der Waals surface area contributed by atoms with E-state index in [0.29, 0.717) is 0 Å². The van der Waals surface area contributed by atoms with Crippen LogP contribution in [0.1, 0.15) is 15.9 Å². The average Bonchev–Trinajstić information content (AvgIpc) is 2.47. The van der Waals surface area contributed by atoms with Gasteiger partial charge < -0.3 is 5.11 Å². The van der Waals surface area contributed by atoms with Crippen LogP contribution < -0.4 is 5.43 Å². The minimum Gasteiger partial charge on any atom is -0.478 e. The first-order valence-corrected chi connectivity index (χ1v) is 7.37. The summed E-state index contributed by atoms with van der Waals surface area (Å²) in [5.41, 5.74) is 2.49. The van der Waals surface area contributed by atoms with E-state index in [9.17, 15) is 13.2 Å². The fraction of sp³-hybridized carbons (Fsp3) is 0. The lowest BCUT2D eigenvalue weighted by atomic mass is 10.2. The summed E-state index contributed by atoms with van der Waals surface area (Å²) >= 11 is 0. The number of anilines is 1. The van der Waals surface area contributed by atoms with Gasteiger partial charge in [-0.05, 0) is 18.2 Å². The Morgan fingerprint density at radius 2 is 1.95 bits per heavy atom. The molecule has 0 spiro atoms. The molecule has 0 atom stereocenters. The molecule has 1 aromatic carbocycles. The highest BCUT2D eigenvalue weighted by atomic mass is 32.2. The van der Waals surface area contributed by atoms with Crippen molar-refractivity contribution in [3.8, 4) is 0 Å². The topological polar surface area (TPSA) is 129 Å². The van der Waals surface area contributed by atoms with Crippen LogP contribution in [-0.2, 0) is 10.1 Å². The Kier molecular flexibility index (Phi) is 4.49. The maximum absolute atomic E-state index is 11.2. The van der Waals surface area contributed by atoms with Gasteiger partial charge in [-0.1, -0.05) is 18.2 Å². The fourth-order valence-corrected chi connectivity index (χ4v) is 2.32. The number of carbonyl (C=O) groups is 1. The van der Waals surface area contributed by atoms with Crippen molar-refractivity contribution in [3.63, 3.8) is 0 Å². The summed E-state index contributed by atoms with van der Waals surface area (Å²) in [6, 6.07) is 8.49. The summed E-state index contributed by atoms with van der Waals surface area (Å²) in [6.07, 6.45) is 2.53.